The van der Waals surface area contributed by atoms with Crippen molar-refractivity contribution in [1.82, 2.24) is 4.90 Å². The van der Waals surface area contributed by atoms with Crippen LogP contribution in [-0.2, 0) is 14.3 Å². The first-order valence-corrected chi connectivity index (χ1v) is 6.48. The molecule has 1 unspecified atom stereocenters. The highest BCUT2D eigenvalue weighted by Crippen LogP contribution is 2.30. The topological polar surface area (TPSA) is 46.6 Å². The Labute approximate surface area is 79.0 Å². The smallest absolute Gasteiger partial charge is 0.264 e. The third-order valence-electron chi connectivity index (χ3n) is 2.55. The molecule has 0 bridgehead atoms. The van der Waals surface area contributed by atoms with Gasteiger partial charge in [-0.3, -0.25) is 9.08 Å². The molecule has 1 atom stereocenters. The molecule has 1 heterocycles. The molecule has 5 heteroatoms. The van der Waals surface area contributed by atoms with E-state index in [1.54, 1.807) is 0 Å². The molecule has 0 aromatic heterocycles. The average molecular weight is 205 g/mol. The van der Waals surface area contributed by atoms with Gasteiger partial charge in [-0.2, -0.15) is 8.42 Å². The van der Waals surface area contributed by atoms with E-state index in [9.17, 15) is 8.42 Å². The van der Waals surface area contributed by atoms with E-state index >= 15 is 0 Å². The van der Waals surface area contributed by atoms with Gasteiger partial charge in [-0.25, -0.2) is 0 Å². The molecule has 1 saturated heterocycles. The van der Waals surface area contributed by atoms with Gasteiger partial charge in [-0.1, -0.05) is 0 Å². The zero-order valence-electron chi connectivity index (χ0n) is 7.77. The summed E-state index contributed by atoms with van der Waals surface area (Å²) in [5, 5.41) is 0. The Kier molecular flexibility index (Phi) is 2.33. The third-order valence-corrected chi connectivity index (χ3v) is 3.17. The van der Waals surface area contributed by atoms with E-state index in [1.807, 2.05) is 0 Å². The van der Waals surface area contributed by atoms with Gasteiger partial charge in [0.25, 0.3) is 10.1 Å². The second-order valence-electron chi connectivity index (χ2n) is 3.94. The third kappa shape index (κ3) is 2.65. The summed E-state index contributed by atoms with van der Waals surface area (Å²) in [7, 11) is -3.26. The lowest BCUT2D eigenvalue weighted by Crippen LogP contribution is -2.26. The van der Waals surface area contributed by atoms with Crippen LogP contribution in [0, 0.1) is 0 Å². The Balaban J connectivity index is 1.84. The van der Waals surface area contributed by atoms with Gasteiger partial charge in [0, 0.05) is 19.1 Å². The van der Waals surface area contributed by atoms with Crippen molar-refractivity contribution in [2.75, 3.05) is 19.3 Å². The first-order valence-electron chi connectivity index (χ1n) is 4.67. The molecule has 0 amide bonds. The lowest BCUT2D eigenvalue weighted by Gasteiger charge is -2.13. The van der Waals surface area contributed by atoms with Crippen LogP contribution in [0.15, 0.2) is 0 Å². The highest BCUT2D eigenvalue weighted by molar-refractivity contribution is 7.86. The maximum absolute atomic E-state index is 10.8. The van der Waals surface area contributed by atoms with Crippen molar-refractivity contribution in [3.05, 3.63) is 0 Å². The predicted molar refractivity (Wildman–Crippen MR) is 48.9 cm³/mol. The van der Waals surface area contributed by atoms with Crippen LogP contribution in [0.1, 0.15) is 19.3 Å². The number of hydrogen-bond donors (Lipinski definition) is 0. The molecular weight excluding hydrogens is 190 g/mol. The maximum Gasteiger partial charge on any atom is 0.264 e. The molecule has 1 saturated carbocycles. The van der Waals surface area contributed by atoms with E-state index in [-0.39, 0.29) is 6.10 Å². The zero-order valence-corrected chi connectivity index (χ0v) is 8.59. The lowest BCUT2D eigenvalue weighted by atomic mass is 10.3. The number of rotatable bonds is 3. The van der Waals surface area contributed by atoms with Crippen molar-refractivity contribution in [2.45, 2.75) is 31.4 Å². The van der Waals surface area contributed by atoms with Crippen LogP contribution >= 0.6 is 0 Å². The Hall–Kier alpha value is -0.130. The molecule has 2 rings (SSSR count). The summed E-state index contributed by atoms with van der Waals surface area (Å²) in [6, 6.07) is 0.716. The molecule has 13 heavy (non-hydrogen) atoms. The summed E-state index contributed by atoms with van der Waals surface area (Å²) in [5.41, 5.74) is 0. The predicted octanol–water partition coefficient (Wildman–Crippen LogP) is 0.199. The lowest BCUT2D eigenvalue weighted by molar-refractivity contribution is 0.206. The van der Waals surface area contributed by atoms with Crippen molar-refractivity contribution >= 4 is 10.1 Å². The second kappa shape index (κ2) is 3.22. The van der Waals surface area contributed by atoms with Gasteiger partial charge in [-0.15, -0.1) is 0 Å². The highest BCUT2D eigenvalue weighted by Gasteiger charge is 2.35. The Morgan fingerprint density at radius 3 is 2.54 bits per heavy atom. The highest BCUT2D eigenvalue weighted by atomic mass is 32.2. The van der Waals surface area contributed by atoms with Crippen LogP contribution in [0.4, 0.5) is 0 Å². The first-order chi connectivity index (χ1) is 6.04. The molecule has 2 aliphatic rings. The number of likely N-dealkylation sites (tertiary alicyclic amines) is 1. The Morgan fingerprint density at radius 1 is 1.31 bits per heavy atom. The van der Waals surface area contributed by atoms with E-state index in [0.717, 1.165) is 25.8 Å². The molecule has 4 nitrogen and oxygen atoms in total. The Morgan fingerprint density at radius 2 is 2.00 bits per heavy atom. The summed E-state index contributed by atoms with van der Waals surface area (Å²) < 4.78 is 26.6. The largest absolute Gasteiger partial charge is 0.298 e. The van der Waals surface area contributed by atoms with Crippen LogP contribution in [0.3, 0.4) is 0 Å². The van der Waals surface area contributed by atoms with Crippen molar-refractivity contribution in [3.8, 4) is 0 Å². The molecule has 1 aliphatic carbocycles. The minimum absolute atomic E-state index is 0.101. The monoisotopic (exact) mass is 205 g/mol. The minimum atomic E-state index is -3.26. The fourth-order valence-corrected chi connectivity index (χ4v) is 2.50. The molecule has 0 N–H and O–H groups in total. The van der Waals surface area contributed by atoms with Gasteiger partial charge in [0.15, 0.2) is 0 Å². The van der Waals surface area contributed by atoms with E-state index in [0.29, 0.717) is 6.04 Å². The van der Waals surface area contributed by atoms with Crippen LogP contribution < -0.4 is 0 Å². The van der Waals surface area contributed by atoms with Crippen molar-refractivity contribution in [2.24, 2.45) is 0 Å². The van der Waals surface area contributed by atoms with Gasteiger partial charge in [-0.05, 0) is 19.3 Å². The van der Waals surface area contributed by atoms with Crippen LogP contribution in [-0.4, -0.2) is 44.8 Å². The van der Waals surface area contributed by atoms with Crippen molar-refractivity contribution in [3.63, 3.8) is 0 Å². The summed E-state index contributed by atoms with van der Waals surface area (Å²) in [4.78, 5) is 2.33. The molecule has 76 valence electrons. The van der Waals surface area contributed by atoms with E-state index in [4.69, 9.17) is 4.18 Å². The van der Waals surface area contributed by atoms with Crippen molar-refractivity contribution in [1.29, 1.82) is 0 Å². The van der Waals surface area contributed by atoms with Crippen LogP contribution in [0.2, 0.25) is 0 Å². The zero-order chi connectivity index (χ0) is 9.47. The van der Waals surface area contributed by atoms with Gasteiger partial charge in [0.1, 0.15) is 0 Å². The molecule has 0 spiro atoms. The molecule has 0 radical (unpaired) electrons. The first kappa shape index (κ1) is 9.43. The van der Waals surface area contributed by atoms with Crippen LogP contribution in [0.5, 0.6) is 0 Å². The van der Waals surface area contributed by atoms with Gasteiger partial charge in [0.2, 0.25) is 0 Å². The van der Waals surface area contributed by atoms with E-state index in [2.05, 4.69) is 4.90 Å². The molecular formula is C8H15NO3S. The second-order valence-corrected chi connectivity index (χ2v) is 5.54. The van der Waals surface area contributed by atoms with Gasteiger partial charge in [0.05, 0.1) is 12.4 Å². The molecule has 1 aliphatic heterocycles. The fourth-order valence-electron chi connectivity index (χ4n) is 1.85. The normalized spacial score (nSPS) is 31.0. The molecule has 2 fully saturated rings. The van der Waals surface area contributed by atoms with Crippen LogP contribution in [0.25, 0.3) is 0 Å². The van der Waals surface area contributed by atoms with E-state index < -0.39 is 10.1 Å². The average Bonchev–Trinajstić information content (AvgIpc) is 2.72. The molecule has 0 aromatic rings. The van der Waals surface area contributed by atoms with Gasteiger partial charge >= 0.3 is 0 Å². The summed E-state index contributed by atoms with van der Waals surface area (Å²) >= 11 is 0. The summed E-state index contributed by atoms with van der Waals surface area (Å²) in [6.45, 7) is 1.78. The Bertz CT molecular complexity index is 284. The van der Waals surface area contributed by atoms with E-state index in [1.165, 1.54) is 12.8 Å². The number of hydrogen-bond acceptors (Lipinski definition) is 4. The minimum Gasteiger partial charge on any atom is -0.298 e. The quantitative estimate of drug-likeness (QED) is 0.617. The SMILES string of the molecule is CS(=O)(=O)OC1CCN(C2CC2)C1. The fraction of sp³-hybridized carbons (Fsp3) is 1.00. The maximum atomic E-state index is 10.8. The standard InChI is InChI=1S/C8H15NO3S/c1-13(10,11)12-8-4-5-9(6-8)7-2-3-7/h7-8H,2-6H2,1H3. The van der Waals surface area contributed by atoms with Gasteiger partial charge < -0.3 is 0 Å². The number of nitrogens with zero attached hydrogens (tertiary/aromatic N) is 1. The molecule has 0 aromatic carbocycles. The summed E-state index contributed by atoms with van der Waals surface area (Å²) in [5.74, 6) is 0. The summed E-state index contributed by atoms with van der Waals surface area (Å²) in [6.07, 6.45) is 4.41. The van der Waals surface area contributed by atoms with Crippen molar-refractivity contribution < 1.29 is 12.6 Å².